The van der Waals surface area contributed by atoms with Crippen molar-refractivity contribution in [2.45, 2.75) is 20.1 Å². The minimum Gasteiger partial charge on any atom is -0.490 e. The zero-order chi connectivity index (χ0) is 22.3. The molecule has 0 unspecified atom stereocenters. The molecule has 2 N–H and O–H groups in total. The van der Waals surface area contributed by atoms with Crippen molar-refractivity contribution in [1.29, 1.82) is 0 Å². The van der Waals surface area contributed by atoms with Gasteiger partial charge in [-0.25, -0.2) is 9.77 Å². The fourth-order valence-corrected chi connectivity index (χ4v) is 3.74. The lowest BCUT2D eigenvalue weighted by Gasteiger charge is -2.16. The lowest BCUT2D eigenvalue weighted by atomic mass is 10.2. The van der Waals surface area contributed by atoms with Crippen molar-refractivity contribution in [2.24, 2.45) is 0 Å². The Balaban J connectivity index is 1.54. The third kappa shape index (κ3) is 5.12. The number of hydrogen-bond donors (Lipinski definition) is 2. The van der Waals surface area contributed by atoms with Crippen LogP contribution in [0.3, 0.4) is 0 Å². The quantitative estimate of drug-likeness (QED) is 0.297. The van der Waals surface area contributed by atoms with Gasteiger partial charge in [-0.05, 0) is 42.4 Å². The summed E-state index contributed by atoms with van der Waals surface area (Å²) in [5.41, 5.74) is 6.24. The molecule has 4 aromatic rings. The molecule has 164 valence electrons. The highest BCUT2D eigenvalue weighted by Crippen LogP contribution is 2.37. The summed E-state index contributed by atoms with van der Waals surface area (Å²) in [6, 6.07) is 23.6. The summed E-state index contributed by atoms with van der Waals surface area (Å²) < 4.78 is 14.0. The van der Waals surface area contributed by atoms with Gasteiger partial charge >= 0.3 is 0 Å². The van der Waals surface area contributed by atoms with E-state index < -0.39 is 0 Å². The molecule has 6 nitrogen and oxygen atoms in total. The fourth-order valence-electron chi connectivity index (χ4n) is 3.25. The van der Waals surface area contributed by atoms with Gasteiger partial charge in [0.05, 0.1) is 18.2 Å². The average Bonchev–Trinajstić information content (AvgIpc) is 3.19. The molecule has 0 amide bonds. The number of benzene rings is 3. The van der Waals surface area contributed by atoms with Crippen LogP contribution in [0.5, 0.6) is 11.5 Å². The number of nitrogens with zero attached hydrogens (tertiary/aromatic N) is 2. The largest absolute Gasteiger partial charge is 0.490 e. The first-order valence-corrected chi connectivity index (χ1v) is 11.0. The van der Waals surface area contributed by atoms with E-state index in [-0.39, 0.29) is 0 Å². The van der Waals surface area contributed by atoms with Crippen LogP contribution in [0.1, 0.15) is 18.1 Å². The zero-order valence-electron chi connectivity index (χ0n) is 17.5. The van der Waals surface area contributed by atoms with Gasteiger partial charge in [0, 0.05) is 5.56 Å². The molecular formula is C24H23ClN4O2S. The average molecular weight is 467 g/mol. The maximum absolute atomic E-state index is 6.58. The number of hydrogen-bond acceptors (Lipinski definition) is 5. The molecule has 1 aromatic heterocycles. The molecule has 0 radical (unpaired) electrons. The van der Waals surface area contributed by atoms with Gasteiger partial charge in [-0.2, -0.15) is 5.10 Å². The summed E-state index contributed by atoms with van der Waals surface area (Å²) in [4.78, 5) is 0. The van der Waals surface area contributed by atoms with Crippen molar-refractivity contribution in [2.75, 3.05) is 12.0 Å². The molecular weight excluding hydrogens is 444 g/mol. The van der Waals surface area contributed by atoms with Crippen molar-refractivity contribution in [3.8, 4) is 22.9 Å². The van der Waals surface area contributed by atoms with E-state index in [2.05, 4.69) is 15.6 Å². The molecule has 1 heterocycles. The van der Waals surface area contributed by atoms with Crippen LogP contribution in [0.15, 0.2) is 72.8 Å². The monoisotopic (exact) mass is 466 g/mol. The summed E-state index contributed by atoms with van der Waals surface area (Å²) in [6.45, 7) is 3.30. The van der Waals surface area contributed by atoms with Gasteiger partial charge in [-0.15, -0.1) is 0 Å². The van der Waals surface area contributed by atoms with Gasteiger partial charge in [-0.1, -0.05) is 72.3 Å². The number of aromatic amines is 1. The lowest BCUT2D eigenvalue weighted by molar-refractivity contribution is 0.269. The van der Waals surface area contributed by atoms with Gasteiger partial charge < -0.3 is 14.9 Å². The Morgan fingerprint density at radius 3 is 2.44 bits per heavy atom. The van der Waals surface area contributed by atoms with E-state index in [1.165, 1.54) is 0 Å². The van der Waals surface area contributed by atoms with Crippen molar-refractivity contribution < 1.29 is 9.47 Å². The molecule has 0 aliphatic carbocycles. The second-order valence-corrected chi connectivity index (χ2v) is 7.79. The van der Waals surface area contributed by atoms with Gasteiger partial charge in [0.1, 0.15) is 6.61 Å². The first-order valence-electron chi connectivity index (χ1n) is 10.2. The van der Waals surface area contributed by atoms with Crippen LogP contribution in [-0.4, -0.2) is 21.5 Å². The SMILES string of the molecule is CCOc1cc(CNn2c(-c3ccccc3)n[nH]c2=S)cc(Cl)c1OCc1ccccc1. The van der Waals surface area contributed by atoms with Crippen LogP contribution in [0.25, 0.3) is 11.4 Å². The predicted molar refractivity (Wildman–Crippen MR) is 129 cm³/mol. The maximum atomic E-state index is 6.58. The van der Waals surface area contributed by atoms with Crippen molar-refractivity contribution in [1.82, 2.24) is 14.9 Å². The number of nitrogens with one attached hydrogen (secondary N) is 2. The van der Waals surface area contributed by atoms with E-state index in [4.69, 9.17) is 33.3 Å². The van der Waals surface area contributed by atoms with E-state index in [0.717, 1.165) is 16.7 Å². The molecule has 0 spiro atoms. The molecule has 0 saturated heterocycles. The minimum absolute atomic E-state index is 0.406. The summed E-state index contributed by atoms with van der Waals surface area (Å²) in [7, 11) is 0. The normalized spacial score (nSPS) is 10.7. The molecule has 0 fully saturated rings. The number of halogens is 1. The lowest BCUT2D eigenvalue weighted by Crippen LogP contribution is -2.16. The zero-order valence-corrected chi connectivity index (χ0v) is 19.1. The topological polar surface area (TPSA) is 64.1 Å². The highest BCUT2D eigenvalue weighted by atomic mass is 35.5. The number of ether oxygens (including phenoxy) is 2. The molecule has 4 rings (SSSR count). The highest BCUT2D eigenvalue weighted by molar-refractivity contribution is 7.71. The molecule has 32 heavy (non-hydrogen) atoms. The van der Waals surface area contributed by atoms with E-state index in [1.54, 1.807) is 4.68 Å². The van der Waals surface area contributed by atoms with E-state index >= 15 is 0 Å². The third-order valence-corrected chi connectivity index (χ3v) is 5.30. The summed E-state index contributed by atoms with van der Waals surface area (Å²) >= 11 is 12.0. The Labute approximate surface area is 196 Å². The van der Waals surface area contributed by atoms with Gasteiger partial charge in [0.15, 0.2) is 17.3 Å². The van der Waals surface area contributed by atoms with Crippen molar-refractivity contribution in [3.05, 3.63) is 93.7 Å². The molecule has 0 bridgehead atoms. The summed E-state index contributed by atoms with van der Waals surface area (Å²) in [5, 5.41) is 7.67. The number of aromatic nitrogens is 3. The molecule has 3 aromatic carbocycles. The Morgan fingerprint density at radius 1 is 1.00 bits per heavy atom. The van der Waals surface area contributed by atoms with Crippen molar-refractivity contribution in [3.63, 3.8) is 0 Å². The van der Waals surface area contributed by atoms with Crippen LogP contribution in [0.4, 0.5) is 0 Å². The van der Waals surface area contributed by atoms with E-state index in [0.29, 0.717) is 46.9 Å². The molecule has 0 aliphatic heterocycles. The van der Waals surface area contributed by atoms with Crippen LogP contribution in [-0.2, 0) is 13.2 Å². The standard InChI is InChI=1S/C24H23ClN4O2S/c1-2-30-21-14-18(13-20(25)22(21)31-16-17-9-5-3-6-10-17)15-26-29-23(27-28-24(29)32)19-11-7-4-8-12-19/h3-14,26H,2,15-16H2,1H3,(H,28,32). The first kappa shape index (κ1) is 21.9. The van der Waals surface area contributed by atoms with E-state index in [1.807, 2.05) is 79.7 Å². The Morgan fingerprint density at radius 2 is 1.72 bits per heavy atom. The summed E-state index contributed by atoms with van der Waals surface area (Å²) in [6.07, 6.45) is 0. The molecule has 0 saturated carbocycles. The van der Waals surface area contributed by atoms with Crippen LogP contribution < -0.4 is 14.9 Å². The molecule has 0 aliphatic rings. The Bertz CT molecular complexity index is 1230. The predicted octanol–water partition coefficient (Wildman–Crippen LogP) is 5.98. The fraction of sp³-hybridized carbons (Fsp3) is 0.167. The highest BCUT2D eigenvalue weighted by Gasteiger charge is 2.14. The van der Waals surface area contributed by atoms with Crippen molar-refractivity contribution >= 4 is 23.8 Å². The smallest absolute Gasteiger partial charge is 0.214 e. The van der Waals surface area contributed by atoms with Gasteiger partial charge in [0.2, 0.25) is 4.77 Å². The van der Waals surface area contributed by atoms with Crippen LogP contribution >= 0.6 is 23.8 Å². The third-order valence-electron chi connectivity index (χ3n) is 4.74. The van der Waals surface area contributed by atoms with Gasteiger partial charge in [-0.3, -0.25) is 0 Å². The summed E-state index contributed by atoms with van der Waals surface area (Å²) in [5.74, 6) is 1.84. The van der Waals surface area contributed by atoms with Crippen LogP contribution in [0, 0.1) is 4.77 Å². The Hall–Kier alpha value is -3.29. The molecule has 0 atom stereocenters. The minimum atomic E-state index is 0.406. The second-order valence-electron chi connectivity index (χ2n) is 7.00. The Kier molecular flexibility index (Phi) is 7.09. The van der Waals surface area contributed by atoms with Crippen LogP contribution in [0.2, 0.25) is 5.02 Å². The molecule has 8 heteroatoms. The van der Waals surface area contributed by atoms with E-state index in [9.17, 15) is 0 Å². The maximum Gasteiger partial charge on any atom is 0.214 e. The number of rotatable bonds is 9. The number of H-pyrrole nitrogens is 1. The van der Waals surface area contributed by atoms with Gasteiger partial charge in [0.25, 0.3) is 0 Å². The first-order chi connectivity index (χ1) is 15.7. The second kappa shape index (κ2) is 10.3.